The van der Waals surface area contributed by atoms with E-state index in [1.54, 1.807) is 0 Å². The zero-order valence-electron chi connectivity index (χ0n) is 11.3. The van der Waals surface area contributed by atoms with E-state index in [1.165, 1.54) is 12.1 Å². The van der Waals surface area contributed by atoms with Gasteiger partial charge in [-0.3, -0.25) is 4.79 Å². The van der Waals surface area contributed by atoms with E-state index in [-0.39, 0.29) is 30.6 Å². The van der Waals surface area contributed by atoms with E-state index in [4.69, 9.17) is 0 Å². The fourth-order valence-corrected chi connectivity index (χ4v) is 1.87. The fraction of sp³-hybridized carbons (Fsp3) is 0.500. The van der Waals surface area contributed by atoms with E-state index in [0.717, 1.165) is 25.0 Å². The van der Waals surface area contributed by atoms with Crippen LogP contribution < -0.4 is 10.6 Å². The Morgan fingerprint density at radius 3 is 2.71 bits per heavy atom. The molecule has 0 bridgehead atoms. The van der Waals surface area contributed by atoms with Crippen LogP contribution in [0.4, 0.5) is 13.2 Å². The van der Waals surface area contributed by atoms with Crippen molar-refractivity contribution in [2.75, 3.05) is 13.1 Å². The van der Waals surface area contributed by atoms with Crippen molar-refractivity contribution in [2.24, 2.45) is 0 Å². The SMILES string of the molecule is O=C(CNCC(O)c1cccc(C(F)(F)F)c1)NC1CC1. The van der Waals surface area contributed by atoms with E-state index in [0.29, 0.717) is 0 Å². The van der Waals surface area contributed by atoms with E-state index < -0.39 is 17.8 Å². The summed E-state index contributed by atoms with van der Waals surface area (Å²) in [5.41, 5.74) is -0.634. The van der Waals surface area contributed by atoms with E-state index in [9.17, 15) is 23.1 Å². The number of amides is 1. The lowest BCUT2D eigenvalue weighted by atomic mass is 10.1. The molecule has 0 aromatic heterocycles. The van der Waals surface area contributed by atoms with Gasteiger partial charge in [-0.2, -0.15) is 13.2 Å². The minimum atomic E-state index is -4.44. The van der Waals surface area contributed by atoms with Crippen LogP contribution in [0.5, 0.6) is 0 Å². The molecule has 1 saturated carbocycles. The van der Waals surface area contributed by atoms with Crippen LogP contribution in [0.15, 0.2) is 24.3 Å². The van der Waals surface area contributed by atoms with Crippen molar-refractivity contribution >= 4 is 5.91 Å². The Hall–Kier alpha value is -1.60. The van der Waals surface area contributed by atoms with Crippen molar-refractivity contribution < 1.29 is 23.1 Å². The van der Waals surface area contributed by atoms with Crippen LogP contribution in [0.3, 0.4) is 0 Å². The third-order valence-electron chi connectivity index (χ3n) is 3.16. The number of benzene rings is 1. The third-order valence-corrected chi connectivity index (χ3v) is 3.16. The summed E-state index contributed by atoms with van der Waals surface area (Å²) in [5.74, 6) is -0.172. The number of hydrogen-bond acceptors (Lipinski definition) is 3. The van der Waals surface area contributed by atoms with Crippen LogP contribution in [-0.4, -0.2) is 30.1 Å². The Morgan fingerprint density at radius 2 is 2.10 bits per heavy atom. The summed E-state index contributed by atoms with van der Waals surface area (Å²) < 4.78 is 37.7. The van der Waals surface area contributed by atoms with Crippen LogP contribution in [-0.2, 0) is 11.0 Å². The average molecular weight is 302 g/mol. The van der Waals surface area contributed by atoms with Gasteiger partial charge in [0.1, 0.15) is 0 Å². The summed E-state index contributed by atoms with van der Waals surface area (Å²) in [6, 6.07) is 4.80. The van der Waals surface area contributed by atoms with Gasteiger partial charge in [0.15, 0.2) is 0 Å². The molecule has 4 nitrogen and oxygen atoms in total. The Balaban J connectivity index is 1.82. The van der Waals surface area contributed by atoms with Crippen molar-refractivity contribution in [3.63, 3.8) is 0 Å². The second kappa shape index (κ2) is 6.44. The van der Waals surface area contributed by atoms with Crippen LogP contribution in [0.1, 0.15) is 30.1 Å². The molecular formula is C14H17F3N2O2. The first-order valence-electron chi connectivity index (χ1n) is 6.71. The summed E-state index contributed by atoms with van der Waals surface area (Å²) in [6.45, 7) is 0.0475. The smallest absolute Gasteiger partial charge is 0.387 e. The summed E-state index contributed by atoms with van der Waals surface area (Å²) in [7, 11) is 0. The molecule has 3 N–H and O–H groups in total. The number of nitrogens with one attached hydrogen (secondary N) is 2. The van der Waals surface area contributed by atoms with Crippen molar-refractivity contribution in [1.82, 2.24) is 10.6 Å². The van der Waals surface area contributed by atoms with Gasteiger partial charge in [-0.05, 0) is 30.5 Å². The predicted octanol–water partition coefficient (Wildman–Crippen LogP) is 1.61. The summed E-state index contributed by atoms with van der Waals surface area (Å²) in [5, 5.41) is 15.4. The first-order chi connectivity index (χ1) is 9.86. The highest BCUT2D eigenvalue weighted by Gasteiger charge is 2.30. The highest BCUT2D eigenvalue weighted by molar-refractivity contribution is 5.78. The minimum Gasteiger partial charge on any atom is -0.387 e. The molecule has 1 amide bonds. The zero-order chi connectivity index (χ0) is 15.5. The minimum absolute atomic E-state index is 0.0133. The Bertz CT molecular complexity index is 501. The second-order valence-corrected chi connectivity index (χ2v) is 5.11. The summed E-state index contributed by atoms with van der Waals surface area (Å²) in [6.07, 6.45) is -3.56. The molecule has 7 heteroatoms. The predicted molar refractivity (Wildman–Crippen MR) is 70.4 cm³/mol. The molecule has 0 spiro atoms. The molecule has 2 rings (SSSR count). The molecule has 1 aliphatic rings. The van der Waals surface area contributed by atoms with Gasteiger partial charge in [-0.1, -0.05) is 12.1 Å². The van der Waals surface area contributed by atoms with E-state index >= 15 is 0 Å². The molecule has 1 unspecified atom stereocenters. The standard InChI is InChI=1S/C14H17F3N2O2/c15-14(16,17)10-3-1-2-9(6-10)12(20)7-18-8-13(21)19-11-4-5-11/h1-3,6,11-12,18,20H,4-5,7-8H2,(H,19,21). The Morgan fingerprint density at radius 1 is 1.38 bits per heavy atom. The maximum Gasteiger partial charge on any atom is 0.416 e. The van der Waals surface area contributed by atoms with Crippen LogP contribution in [0.2, 0.25) is 0 Å². The molecule has 1 atom stereocenters. The van der Waals surface area contributed by atoms with Crippen molar-refractivity contribution in [3.05, 3.63) is 35.4 Å². The third kappa shape index (κ3) is 5.02. The maximum atomic E-state index is 12.6. The topological polar surface area (TPSA) is 61.4 Å². The molecule has 1 fully saturated rings. The van der Waals surface area contributed by atoms with Gasteiger partial charge >= 0.3 is 6.18 Å². The quantitative estimate of drug-likeness (QED) is 0.748. The number of aliphatic hydroxyl groups is 1. The first kappa shape index (κ1) is 15.8. The number of hydrogen-bond donors (Lipinski definition) is 3. The molecule has 1 aromatic rings. The van der Waals surface area contributed by atoms with E-state index in [2.05, 4.69) is 10.6 Å². The second-order valence-electron chi connectivity index (χ2n) is 5.11. The average Bonchev–Trinajstić information content (AvgIpc) is 3.21. The van der Waals surface area contributed by atoms with Crippen LogP contribution in [0.25, 0.3) is 0 Å². The van der Waals surface area contributed by atoms with Crippen LogP contribution >= 0.6 is 0 Å². The van der Waals surface area contributed by atoms with Gasteiger partial charge in [0, 0.05) is 12.6 Å². The molecule has 0 saturated heterocycles. The molecule has 0 radical (unpaired) electrons. The molecule has 0 aliphatic heterocycles. The highest BCUT2D eigenvalue weighted by atomic mass is 19.4. The zero-order valence-corrected chi connectivity index (χ0v) is 11.3. The summed E-state index contributed by atoms with van der Waals surface area (Å²) in [4.78, 5) is 11.4. The number of halogens is 3. The van der Waals surface area contributed by atoms with Gasteiger partial charge in [-0.15, -0.1) is 0 Å². The first-order valence-corrected chi connectivity index (χ1v) is 6.71. The molecule has 1 aliphatic carbocycles. The molecule has 0 heterocycles. The normalized spacial score (nSPS) is 16.6. The van der Waals surface area contributed by atoms with Gasteiger partial charge < -0.3 is 15.7 Å². The fourth-order valence-electron chi connectivity index (χ4n) is 1.87. The van der Waals surface area contributed by atoms with Gasteiger partial charge in [0.05, 0.1) is 18.2 Å². The lowest BCUT2D eigenvalue weighted by Gasteiger charge is -2.14. The number of carbonyl (C=O) groups excluding carboxylic acids is 1. The van der Waals surface area contributed by atoms with Crippen molar-refractivity contribution in [1.29, 1.82) is 0 Å². The van der Waals surface area contributed by atoms with Gasteiger partial charge in [-0.25, -0.2) is 0 Å². The lowest BCUT2D eigenvalue weighted by Crippen LogP contribution is -2.36. The maximum absolute atomic E-state index is 12.6. The largest absolute Gasteiger partial charge is 0.416 e. The van der Waals surface area contributed by atoms with Crippen molar-refractivity contribution in [2.45, 2.75) is 31.2 Å². The molecular weight excluding hydrogens is 285 g/mol. The van der Waals surface area contributed by atoms with Crippen LogP contribution in [0, 0.1) is 0 Å². The molecule has 116 valence electrons. The monoisotopic (exact) mass is 302 g/mol. The Kier molecular flexibility index (Phi) is 4.84. The van der Waals surface area contributed by atoms with Crippen molar-refractivity contribution in [3.8, 4) is 0 Å². The molecule has 21 heavy (non-hydrogen) atoms. The molecule has 1 aromatic carbocycles. The van der Waals surface area contributed by atoms with Gasteiger partial charge in [0.2, 0.25) is 5.91 Å². The van der Waals surface area contributed by atoms with Gasteiger partial charge in [0.25, 0.3) is 0 Å². The highest BCUT2D eigenvalue weighted by Crippen LogP contribution is 2.30. The number of rotatable bonds is 6. The number of aliphatic hydroxyl groups excluding tert-OH is 1. The Labute approximate surface area is 120 Å². The lowest BCUT2D eigenvalue weighted by molar-refractivity contribution is -0.137. The number of alkyl halides is 3. The number of carbonyl (C=O) groups is 1. The summed E-state index contributed by atoms with van der Waals surface area (Å²) >= 11 is 0. The van der Waals surface area contributed by atoms with E-state index in [1.807, 2.05) is 0 Å².